The molecule has 5 heteroatoms. The van der Waals surface area contributed by atoms with E-state index in [2.05, 4.69) is 10.1 Å². The fourth-order valence-electron chi connectivity index (χ4n) is 2.17. The third kappa shape index (κ3) is 1.52. The first-order valence-corrected chi connectivity index (χ1v) is 5.80. The molecule has 3 aromatic heterocycles. The lowest BCUT2D eigenvalue weighted by Crippen LogP contribution is -2.09. The number of nitrogens with zero attached hydrogens (tertiary/aromatic N) is 3. The zero-order valence-corrected chi connectivity index (χ0v) is 10.3. The van der Waals surface area contributed by atoms with Gasteiger partial charge in [-0.3, -0.25) is 0 Å². The Balaban J connectivity index is 2.27. The van der Waals surface area contributed by atoms with E-state index in [1.807, 2.05) is 36.6 Å². The first kappa shape index (κ1) is 11.0. The standard InChI is InChI=1S/C13H14N4O/c1-8-10(7-14)9(2)17-13(15-8)6-11(16-17)12-4-3-5-18-12/h3-6H,7,14H2,1-2H3. The van der Waals surface area contributed by atoms with Crippen molar-refractivity contribution in [3.8, 4) is 11.5 Å². The Morgan fingerprint density at radius 1 is 1.39 bits per heavy atom. The van der Waals surface area contributed by atoms with Crippen LogP contribution in [0.5, 0.6) is 0 Å². The molecular weight excluding hydrogens is 228 g/mol. The van der Waals surface area contributed by atoms with Gasteiger partial charge in [-0.15, -0.1) is 0 Å². The molecule has 0 aliphatic rings. The second-order valence-corrected chi connectivity index (χ2v) is 4.24. The Bertz CT molecular complexity index is 697. The lowest BCUT2D eigenvalue weighted by atomic mass is 10.2. The van der Waals surface area contributed by atoms with Crippen LogP contribution in [-0.2, 0) is 6.54 Å². The normalized spacial score (nSPS) is 11.3. The molecule has 0 amide bonds. The molecule has 3 aromatic rings. The molecule has 0 saturated heterocycles. The number of aromatic nitrogens is 3. The molecule has 0 saturated carbocycles. The van der Waals surface area contributed by atoms with Crippen LogP contribution < -0.4 is 5.73 Å². The summed E-state index contributed by atoms with van der Waals surface area (Å²) in [6.45, 7) is 4.44. The molecule has 0 radical (unpaired) electrons. The number of aryl methyl sites for hydroxylation is 2. The summed E-state index contributed by atoms with van der Waals surface area (Å²) in [5.74, 6) is 0.742. The molecule has 0 unspecified atom stereocenters. The molecule has 3 rings (SSSR count). The molecule has 92 valence electrons. The predicted octanol–water partition coefficient (Wildman–Crippen LogP) is 2.06. The number of hydrogen-bond acceptors (Lipinski definition) is 4. The van der Waals surface area contributed by atoms with Gasteiger partial charge in [-0.25, -0.2) is 9.50 Å². The SMILES string of the molecule is Cc1nc2cc(-c3ccco3)nn2c(C)c1CN. The largest absolute Gasteiger partial charge is 0.463 e. The van der Waals surface area contributed by atoms with Crippen LogP contribution in [0, 0.1) is 13.8 Å². The smallest absolute Gasteiger partial charge is 0.156 e. The number of nitrogens with two attached hydrogens (primary N) is 1. The van der Waals surface area contributed by atoms with Crippen molar-refractivity contribution < 1.29 is 4.42 Å². The minimum Gasteiger partial charge on any atom is -0.463 e. The molecule has 0 bridgehead atoms. The van der Waals surface area contributed by atoms with Crippen molar-refractivity contribution in [2.24, 2.45) is 5.73 Å². The second-order valence-electron chi connectivity index (χ2n) is 4.24. The van der Waals surface area contributed by atoms with Crippen LogP contribution in [0.2, 0.25) is 0 Å². The molecule has 5 nitrogen and oxygen atoms in total. The molecule has 0 atom stereocenters. The van der Waals surface area contributed by atoms with E-state index < -0.39 is 0 Å². The molecule has 18 heavy (non-hydrogen) atoms. The van der Waals surface area contributed by atoms with Gasteiger partial charge in [0.25, 0.3) is 0 Å². The van der Waals surface area contributed by atoms with Crippen molar-refractivity contribution in [3.63, 3.8) is 0 Å². The molecule has 0 aliphatic heterocycles. The fraction of sp³-hybridized carbons (Fsp3) is 0.231. The lowest BCUT2D eigenvalue weighted by molar-refractivity contribution is 0.579. The lowest BCUT2D eigenvalue weighted by Gasteiger charge is -2.07. The van der Waals surface area contributed by atoms with Crippen molar-refractivity contribution in [3.05, 3.63) is 41.4 Å². The van der Waals surface area contributed by atoms with Gasteiger partial charge < -0.3 is 10.2 Å². The summed E-state index contributed by atoms with van der Waals surface area (Å²) in [7, 11) is 0. The molecule has 3 heterocycles. The summed E-state index contributed by atoms with van der Waals surface area (Å²) in [6, 6.07) is 5.64. The average Bonchev–Trinajstić information content (AvgIpc) is 2.96. The summed E-state index contributed by atoms with van der Waals surface area (Å²) in [5, 5.41) is 4.51. The van der Waals surface area contributed by atoms with Crippen molar-refractivity contribution in [2.75, 3.05) is 0 Å². The van der Waals surface area contributed by atoms with Crippen LogP contribution in [0.3, 0.4) is 0 Å². The van der Waals surface area contributed by atoms with E-state index in [0.29, 0.717) is 6.54 Å². The maximum absolute atomic E-state index is 5.74. The quantitative estimate of drug-likeness (QED) is 0.746. The summed E-state index contributed by atoms with van der Waals surface area (Å²) in [5.41, 5.74) is 10.4. The van der Waals surface area contributed by atoms with Gasteiger partial charge in [0.1, 0.15) is 5.69 Å². The van der Waals surface area contributed by atoms with Gasteiger partial charge >= 0.3 is 0 Å². The van der Waals surface area contributed by atoms with Crippen LogP contribution in [0.25, 0.3) is 17.1 Å². The van der Waals surface area contributed by atoms with Gasteiger partial charge in [0, 0.05) is 29.6 Å². The van der Waals surface area contributed by atoms with Crippen LogP contribution in [0.4, 0.5) is 0 Å². The van der Waals surface area contributed by atoms with Crippen molar-refractivity contribution in [1.29, 1.82) is 0 Å². The molecule has 0 aliphatic carbocycles. The zero-order valence-electron chi connectivity index (χ0n) is 10.3. The topological polar surface area (TPSA) is 69.3 Å². The van der Waals surface area contributed by atoms with Gasteiger partial charge in [0.2, 0.25) is 0 Å². The van der Waals surface area contributed by atoms with E-state index >= 15 is 0 Å². The Morgan fingerprint density at radius 2 is 2.22 bits per heavy atom. The van der Waals surface area contributed by atoms with Gasteiger partial charge in [0.15, 0.2) is 11.4 Å². The Kier molecular flexibility index (Phi) is 2.41. The molecule has 0 aromatic carbocycles. The summed E-state index contributed by atoms with van der Waals surface area (Å²) in [6.07, 6.45) is 1.64. The third-order valence-corrected chi connectivity index (χ3v) is 3.14. The van der Waals surface area contributed by atoms with Crippen molar-refractivity contribution >= 4 is 5.65 Å². The minimum absolute atomic E-state index is 0.469. The minimum atomic E-state index is 0.469. The highest BCUT2D eigenvalue weighted by molar-refractivity contribution is 5.59. The summed E-state index contributed by atoms with van der Waals surface area (Å²) >= 11 is 0. The van der Waals surface area contributed by atoms with E-state index in [-0.39, 0.29) is 0 Å². The predicted molar refractivity (Wildman–Crippen MR) is 68.1 cm³/mol. The number of fused-ring (bicyclic) bond motifs is 1. The van der Waals surface area contributed by atoms with E-state index in [0.717, 1.165) is 34.1 Å². The molecule has 2 N–H and O–H groups in total. The second kappa shape index (κ2) is 3.96. The first-order chi connectivity index (χ1) is 8.70. The maximum Gasteiger partial charge on any atom is 0.156 e. The summed E-state index contributed by atoms with van der Waals surface area (Å²) < 4.78 is 7.16. The van der Waals surface area contributed by atoms with Gasteiger partial charge in [-0.1, -0.05) is 0 Å². The van der Waals surface area contributed by atoms with Crippen LogP contribution >= 0.6 is 0 Å². The van der Waals surface area contributed by atoms with E-state index in [1.165, 1.54) is 0 Å². The molecule has 0 spiro atoms. The van der Waals surface area contributed by atoms with Crippen LogP contribution in [0.1, 0.15) is 17.0 Å². The number of hydrogen-bond donors (Lipinski definition) is 1. The van der Waals surface area contributed by atoms with E-state index in [1.54, 1.807) is 6.26 Å². The maximum atomic E-state index is 5.74. The molecule has 0 fully saturated rings. The van der Waals surface area contributed by atoms with E-state index in [9.17, 15) is 0 Å². The van der Waals surface area contributed by atoms with Gasteiger partial charge in [0.05, 0.1) is 6.26 Å². The first-order valence-electron chi connectivity index (χ1n) is 5.80. The van der Waals surface area contributed by atoms with Gasteiger partial charge in [-0.05, 0) is 26.0 Å². The monoisotopic (exact) mass is 242 g/mol. The van der Waals surface area contributed by atoms with Crippen molar-refractivity contribution in [1.82, 2.24) is 14.6 Å². The molecular formula is C13H14N4O. The fourth-order valence-corrected chi connectivity index (χ4v) is 2.17. The highest BCUT2D eigenvalue weighted by atomic mass is 16.3. The Morgan fingerprint density at radius 3 is 2.89 bits per heavy atom. The highest BCUT2D eigenvalue weighted by Gasteiger charge is 2.12. The summed E-state index contributed by atoms with van der Waals surface area (Å²) in [4.78, 5) is 4.52. The number of rotatable bonds is 2. The van der Waals surface area contributed by atoms with Crippen LogP contribution in [0.15, 0.2) is 28.9 Å². The number of furan rings is 1. The van der Waals surface area contributed by atoms with Gasteiger partial charge in [-0.2, -0.15) is 5.10 Å². The highest BCUT2D eigenvalue weighted by Crippen LogP contribution is 2.21. The Labute approximate surface area is 104 Å². The average molecular weight is 242 g/mol. The van der Waals surface area contributed by atoms with Crippen molar-refractivity contribution in [2.45, 2.75) is 20.4 Å². The zero-order chi connectivity index (χ0) is 12.7. The third-order valence-electron chi connectivity index (χ3n) is 3.14. The Hall–Kier alpha value is -2.14. The van der Waals surface area contributed by atoms with Crippen LogP contribution in [-0.4, -0.2) is 14.6 Å². The van der Waals surface area contributed by atoms with E-state index in [4.69, 9.17) is 10.2 Å².